The topological polar surface area (TPSA) is 90.1 Å². The monoisotopic (exact) mass is 238 g/mol. The average Bonchev–Trinajstić information content (AvgIpc) is 2.24. The molecule has 0 aliphatic rings. The van der Waals surface area contributed by atoms with Crippen LogP contribution in [0.3, 0.4) is 0 Å². The Bertz CT molecular complexity index is 368. The van der Waals surface area contributed by atoms with Crippen LogP contribution in [-0.4, -0.2) is 28.5 Å². The molecular formula is C11H18N4O2. The Hall–Kier alpha value is -1.85. The summed E-state index contributed by atoms with van der Waals surface area (Å²) in [6, 6.07) is 1.73. The van der Waals surface area contributed by atoms with E-state index >= 15 is 0 Å². The molecule has 0 fully saturated rings. The normalized spacial score (nSPS) is 10.3. The lowest BCUT2D eigenvalue weighted by molar-refractivity contribution is -0.118. The van der Waals surface area contributed by atoms with E-state index < -0.39 is 0 Å². The zero-order valence-electron chi connectivity index (χ0n) is 10.1. The maximum Gasteiger partial charge on any atom is 0.218 e. The first kappa shape index (κ1) is 13.2. The molecule has 17 heavy (non-hydrogen) atoms. The fraction of sp³-hybridized carbons (Fsp3) is 0.545. The van der Waals surface area contributed by atoms with Crippen LogP contribution in [0.5, 0.6) is 5.88 Å². The molecule has 0 radical (unpaired) electrons. The standard InChI is InChI=1S/C11H18N4O2/c1-8(2)17-11-6-10(14-7-15-11)13-5-3-4-9(12)16/h6-8H,3-5H2,1-2H3,(H2,12,16)(H,13,14,15). The number of hydrogen-bond acceptors (Lipinski definition) is 5. The van der Waals surface area contributed by atoms with E-state index in [1.165, 1.54) is 6.33 Å². The molecule has 94 valence electrons. The van der Waals surface area contributed by atoms with Gasteiger partial charge in [-0.1, -0.05) is 0 Å². The number of carbonyl (C=O) groups is 1. The SMILES string of the molecule is CC(C)Oc1cc(NCCCC(N)=O)ncn1. The van der Waals surface area contributed by atoms with Gasteiger partial charge in [0, 0.05) is 19.0 Å². The van der Waals surface area contributed by atoms with E-state index in [0.717, 1.165) is 0 Å². The second kappa shape index (κ2) is 6.67. The van der Waals surface area contributed by atoms with Crippen LogP contribution in [0, 0.1) is 0 Å². The van der Waals surface area contributed by atoms with Gasteiger partial charge in [-0.05, 0) is 20.3 Å². The number of nitrogens with one attached hydrogen (secondary N) is 1. The van der Waals surface area contributed by atoms with Gasteiger partial charge in [0.05, 0.1) is 6.10 Å². The second-order valence-corrected chi connectivity index (χ2v) is 3.90. The summed E-state index contributed by atoms with van der Waals surface area (Å²) in [5, 5.41) is 3.07. The minimum atomic E-state index is -0.293. The molecule has 0 saturated heterocycles. The molecule has 1 amide bonds. The second-order valence-electron chi connectivity index (χ2n) is 3.90. The van der Waals surface area contributed by atoms with Crippen molar-refractivity contribution in [3.8, 4) is 5.88 Å². The van der Waals surface area contributed by atoms with E-state index in [9.17, 15) is 4.79 Å². The molecule has 6 nitrogen and oxygen atoms in total. The molecule has 0 bridgehead atoms. The molecule has 0 aliphatic carbocycles. The molecule has 0 spiro atoms. The lowest BCUT2D eigenvalue weighted by Crippen LogP contribution is -2.13. The van der Waals surface area contributed by atoms with Gasteiger partial charge in [-0.3, -0.25) is 4.79 Å². The molecule has 0 unspecified atom stereocenters. The maximum atomic E-state index is 10.5. The molecule has 0 saturated carbocycles. The summed E-state index contributed by atoms with van der Waals surface area (Å²) in [6.45, 7) is 4.51. The smallest absolute Gasteiger partial charge is 0.218 e. The molecule has 1 heterocycles. The van der Waals surface area contributed by atoms with Gasteiger partial charge in [-0.15, -0.1) is 0 Å². The molecule has 1 rings (SSSR count). The minimum Gasteiger partial charge on any atom is -0.475 e. The van der Waals surface area contributed by atoms with Crippen LogP contribution in [0.25, 0.3) is 0 Å². The van der Waals surface area contributed by atoms with Crippen molar-refractivity contribution in [3.05, 3.63) is 12.4 Å². The van der Waals surface area contributed by atoms with Gasteiger partial charge >= 0.3 is 0 Å². The van der Waals surface area contributed by atoms with E-state index in [4.69, 9.17) is 10.5 Å². The van der Waals surface area contributed by atoms with Crippen molar-refractivity contribution in [1.29, 1.82) is 0 Å². The summed E-state index contributed by atoms with van der Waals surface area (Å²) in [5.41, 5.74) is 5.04. The number of nitrogens with two attached hydrogens (primary N) is 1. The van der Waals surface area contributed by atoms with E-state index in [-0.39, 0.29) is 12.0 Å². The van der Waals surface area contributed by atoms with Crippen LogP contribution in [0.1, 0.15) is 26.7 Å². The first-order valence-electron chi connectivity index (χ1n) is 5.59. The number of ether oxygens (including phenoxy) is 1. The predicted octanol–water partition coefficient (Wildman–Crippen LogP) is 0.941. The molecule has 0 aromatic carbocycles. The summed E-state index contributed by atoms with van der Waals surface area (Å²) in [6.07, 6.45) is 2.56. The molecule has 1 aromatic rings. The first-order chi connectivity index (χ1) is 8.08. The highest BCUT2D eigenvalue weighted by Gasteiger charge is 2.01. The Balaban J connectivity index is 2.40. The van der Waals surface area contributed by atoms with Crippen LogP contribution in [-0.2, 0) is 4.79 Å². The van der Waals surface area contributed by atoms with Crippen molar-refractivity contribution in [1.82, 2.24) is 9.97 Å². The van der Waals surface area contributed by atoms with Gasteiger partial charge in [0.1, 0.15) is 12.1 Å². The zero-order valence-corrected chi connectivity index (χ0v) is 10.1. The lowest BCUT2D eigenvalue weighted by atomic mass is 10.3. The number of amides is 1. The Morgan fingerprint density at radius 2 is 2.29 bits per heavy atom. The Morgan fingerprint density at radius 3 is 2.94 bits per heavy atom. The van der Waals surface area contributed by atoms with Gasteiger partial charge in [0.25, 0.3) is 0 Å². The summed E-state index contributed by atoms with van der Waals surface area (Å²) in [5.74, 6) is 0.922. The first-order valence-corrected chi connectivity index (χ1v) is 5.59. The Labute approximate surface area is 101 Å². The molecule has 3 N–H and O–H groups in total. The third-order valence-electron chi connectivity index (χ3n) is 1.90. The van der Waals surface area contributed by atoms with Crippen molar-refractivity contribution in [2.24, 2.45) is 5.73 Å². The highest BCUT2D eigenvalue weighted by atomic mass is 16.5. The number of anilines is 1. The third kappa shape index (κ3) is 5.70. The van der Waals surface area contributed by atoms with Gasteiger partial charge in [0.15, 0.2) is 0 Å². The average molecular weight is 238 g/mol. The van der Waals surface area contributed by atoms with Crippen molar-refractivity contribution < 1.29 is 9.53 Å². The number of rotatable bonds is 7. The lowest BCUT2D eigenvalue weighted by Gasteiger charge is -2.09. The van der Waals surface area contributed by atoms with Crippen molar-refractivity contribution in [2.75, 3.05) is 11.9 Å². The van der Waals surface area contributed by atoms with E-state index in [0.29, 0.717) is 31.1 Å². The van der Waals surface area contributed by atoms with Crippen LogP contribution < -0.4 is 15.8 Å². The number of aromatic nitrogens is 2. The van der Waals surface area contributed by atoms with Crippen LogP contribution in [0.2, 0.25) is 0 Å². The molecule has 0 aliphatic heterocycles. The van der Waals surface area contributed by atoms with Crippen molar-refractivity contribution in [2.45, 2.75) is 32.8 Å². The van der Waals surface area contributed by atoms with Crippen LogP contribution in [0.4, 0.5) is 5.82 Å². The van der Waals surface area contributed by atoms with Gasteiger partial charge in [0.2, 0.25) is 11.8 Å². The number of primary amides is 1. The maximum absolute atomic E-state index is 10.5. The fourth-order valence-corrected chi connectivity index (χ4v) is 1.22. The molecule has 1 aromatic heterocycles. The number of hydrogen-bond donors (Lipinski definition) is 2. The zero-order chi connectivity index (χ0) is 12.7. The molecule has 0 atom stereocenters. The van der Waals surface area contributed by atoms with E-state index in [2.05, 4.69) is 15.3 Å². The third-order valence-corrected chi connectivity index (χ3v) is 1.90. The van der Waals surface area contributed by atoms with Crippen molar-refractivity contribution >= 4 is 11.7 Å². The summed E-state index contributed by atoms with van der Waals surface area (Å²) < 4.78 is 5.43. The Kier molecular flexibility index (Phi) is 5.19. The fourth-order valence-electron chi connectivity index (χ4n) is 1.22. The molecule has 6 heteroatoms. The van der Waals surface area contributed by atoms with Gasteiger partial charge in [-0.2, -0.15) is 0 Å². The summed E-state index contributed by atoms with van der Waals surface area (Å²) in [7, 11) is 0. The number of carbonyl (C=O) groups excluding carboxylic acids is 1. The van der Waals surface area contributed by atoms with Crippen LogP contribution >= 0.6 is 0 Å². The van der Waals surface area contributed by atoms with E-state index in [1.807, 2.05) is 13.8 Å². The number of nitrogens with zero attached hydrogens (tertiary/aromatic N) is 2. The Morgan fingerprint density at radius 1 is 1.53 bits per heavy atom. The quantitative estimate of drug-likeness (QED) is 0.690. The van der Waals surface area contributed by atoms with E-state index in [1.54, 1.807) is 6.07 Å². The summed E-state index contributed by atoms with van der Waals surface area (Å²) >= 11 is 0. The van der Waals surface area contributed by atoms with Gasteiger partial charge in [-0.25, -0.2) is 9.97 Å². The highest BCUT2D eigenvalue weighted by molar-refractivity contribution is 5.73. The summed E-state index contributed by atoms with van der Waals surface area (Å²) in [4.78, 5) is 18.6. The highest BCUT2D eigenvalue weighted by Crippen LogP contribution is 2.12. The van der Waals surface area contributed by atoms with Crippen molar-refractivity contribution in [3.63, 3.8) is 0 Å². The molecular weight excluding hydrogens is 220 g/mol. The predicted molar refractivity (Wildman–Crippen MR) is 64.7 cm³/mol. The van der Waals surface area contributed by atoms with Crippen LogP contribution in [0.15, 0.2) is 12.4 Å². The minimum absolute atomic E-state index is 0.0765. The largest absolute Gasteiger partial charge is 0.475 e. The van der Waals surface area contributed by atoms with Gasteiger partial charge < -0.3 is 15.8 Å².